The van der Waals surface area contributed by atoms with Crippen LogP contribution in [-0.4, -0.2) is 40.8 Å². The lowest BCUT2D eigenvalue weighted by atomic mass is 9.96. The van der Waals surface area contributed by atoms with E-state index in [-0.39, 0.29) is 0 Å². The summed E-state index contributed by atoms with van der Waals surface area (Å²) in [6, 6.07) is 17.3. The topological polar surface area (TPSA) is 51.4 Å². The van der Waals surface area contributed by atoms with E-state index in [0.717, 1.165) is 50.6 Å². The zero-order valence-corrected chi connectivity index (χ0v) is 16.3. The molecule has 0 unspecified atom stereocenters. The molecule has 1 aliphatic heterocycles. The normalized spacial score (nSPS) is 19.4. The third-order valence-corrected chi connectivity index (χ3v) is 5.44. The zero-order valence-electron chi connectivity index (χ0n) is 16.3. The van der Waals surface area contributed by atoms with Crippen LogP contribution in [0.2, 0.25) is 0 Å². The Hall–Kier alpha value is -2.50. The van der Waals surface area contributed by atoms with Gasteiger partial charge in [0.1, 0.15) is 5.76 Å². The standard InChI is InChI=1S/C23H27N3O2/c1-18-13-22(28-25-18)14-21-16-27-17-23(21)26(15-20-7-10-24-11-8-20)12-9-19-5-3-2-4-6-19/h2-8,10-11,13,21,23H,9,12,14-17H2,1H3/t21-,23-/m1/s1. The Morgan fingerprint density at radius 2 is 1.86 bits per heavy atom. The van der Waals surface area contributed by atoms with Crippen molar-refractivity contribution >= 4 is 0 Å². The minimum atomic E-state index is 0.363. The summed E-state index contributed by atoms with van der Waals surface area (Å²) in [5.74, 6) is 1.36. The second kappa shape index (κ2) is 9.13. The van der Waals surface area contributed by atoms with Crippen LogP contribution in [-0.2, 0) is 24.1 Å². The van der Waals surface area contributed by atoms with E-state index in [1.54, 1.807) is 0 Å². The summed E-state index contributed by atoms with van der Waals surface area (Å²) in [4.78, 5) is 6.71. The van der Waals surface area contributed by atoms with Gasteiger partial charge in [-0.1, -0.05) is 35.5 Å². The molecule has 2 aromatic heterocycles. The summed E-state index contributed by atoms with van der Waals surface area (Å²) in [6.45, 7) is 5.38. The predicted molar refractivity (Wildman–Crippen MR) is 108 cm³/mol. The number of hydrogen-bond donors (Lipinski definition) is 0. The molecule has 0 bridgehead atoms. The summed E-state index contributed by atoms with van der Waals surface area (Å²) in [7, 11) is 0. The lowest BCUT2D eigenvalue weighted by Crippen LogP contribution is -2.41. The van der Waals surface area contributed by atoms with Crippen molar-refractivity contribution in [3.8, 4) is 0 Å². The highest BCUT2D eigenvalue weighted by Gasteiger charge is 2.34. The first-order chi connectivity index (χ1) is 13.8. The summed E-state index contributed by atoms with van der Waals surface area (Å²) >= 11 is 0. The predicted octanol–water partition coefficient (Wildman–Crippen LogP) is 3.68. The van der Waals surface area contributed by atoms with Gasteiger partial charge in [0.15, 0.2) is 0 Å². The van der Waals surface area contributed by atoms with Gasteiger partial charge in [0, 0.05) is 49.9 Å². The monoisotopic (exact) mass is 377 g/mol. The molecule has 5 nitrogen and oxygen atoms in total. The molecule has 0 amide bonds. The molecule has 0 N–H and O–H groups in total. The van der Waals surface area contributed by atoms with Crippen molar-refractivity contribution in [1.82, 2.24) is 15.0 Å². The van der Waals surface area contributed by atoms with Crippen molar-refractivity contribution in [3.63, 3.8) is 0 Å². The molecule has 146 valence electrons. The van der Waals surface area contributed by atoms with E-state index < -0.39 is 0 Å². The van der Waals surface area contributed by atoms with E-state index in [9.17, 15) is 0 Å². The van der Waals surface area contributed by atoms with Crippen LogP contribution < -0.4 is 0 Å². The summed E-state index contributed by atoms with van der Waals surface area (Å²) in [6.07, 6.45) is 5.62. The van der Waals surface area contributed by atoms with E-state index in [4.69, 9.17) is 9.26 Å². The molecule has 1 fully saturated rings. The third-order valence-electron chi connectivity index (χ3n) is 5.44. The minimum absolute atomic E-state index is 0.363. The molecule has 4 rings (SSSR count). The van der Waals surface area contributed by atoms with Crippen LogP contribution in [0.1, 0.15) is 22.6 Å². The highest BCUT2D eigenvalue weighted by atomic mass is 16.5. The van der Waals surface area contributed by atoms with Crippen molar-refractivity contribution in [2.75, 3.05) is 19.8 Å². The maximum absolute atomic E-state index is 5.90. The van der Waals surface area contributed by atoms with Gasteiger partial charge in [-0.2, -0.15) is 0 Å². The zero-order chi connectivity index (χ0) is 19.2. The van der Waals surface area contributed by atoms with Gasteiger partial charge in [0.05, 0.1) is 18.9 Å². The van der Waals surface area contributed by atoms with E-state index in [0.29, 0.717) is 12.0 Å². The number of pyridine rings is 1. The number of benzene rings is 1. The summed E-state index contributed by atoms with van der Waals surface area (Å²) in [5, 5.41) is 4.04. The Labute approximate surface area is 166 Å². The molecular weight excluding hydrogens is 350 g/mol. The van der Waals surface area contributed by atoms with Gasteiger partial charge in [-0.15, -0.1) is 0 Å². The number of ether oxygens (including phenoxy) is 1. The average Bonchev–Trinajstić information content (AvgIpc) is 3.36. The number of aromatic nitrogens is 2. The number of aryl methyl sites for hydroxylation is 1. The van der Waals surface area contributed by atoms with Gasteiger partial charge < -0.3 is 9.26 Å². The van der Waals surface area contributed by atoms with Gasteiger partial charge in [-0.3, -0.25) is 9.88 Å². The van der Waals surface area contributed by atoms with Crippen molar-refractivity contribution in [2.45, 2.75) is 32.4 Å². The number of nitrogens with zero attached hydrogens (tertiary/aromatic N) is 3. The molecule has 1 saturated heterocycles. The fourth-order valence-corrected chi connectivity index (χ4v) is 3.96. The van der Waals surface area contributed by atoms with Gasteiger partial charge in [0.25, 0.3) is 0 Å². The number of rotatable bonds is 8. The van der Waals surface area contributed by atoms with Crippen LogP contribution in [0.5, 0.6) is 0 Å². The average molecular weight is 377 g/mol. The first kappa shape index (κ1) is 18.8. The molecule has 0 saturated carbocycles. The second-order valence-electron chi connectivity index (χ2n) is 7.57. The van der Waals surface area contributed by atoms with E-state index in [1.165, 1.54) is 11.1 Å². The van der Waals surface area contributed by atoms with E-state index in [1.807, 2.05) is 25.4 Å². The number of hydrogen-bond acceptors (Lipinski definition) is 5. The van der Waals surface area contributed by atoms with Crippen LogP contribution in [0.25, 0.3) is 0 Å². The molecular formula is C23H27N3O2. The fourth-order valence-electron chi connectivity index (χ4n) is 3.96. The summed E-state index contributed by atoms with van der Waals surface area (Å²) < 4.78 is 11.4. The fraction of sp³-hybridized carbons (Fsp3) is 0.391. The van der Waals surface area contributed by atoms with Crippen LogP contribution in [0, 0.1) is 12.8 Å². The largest absolute Gasteiger partial charge is 0.379 e. The maximum Gasteiger partial charge on any atom is 0.137 e. The lowest BCUT2D eigenvalue weighted by molar-refractivity contribution is 0.135. The highest BCUT2D eigenvalue weighted by molar-refractivity contribution is 5.16. The Morgan fingerprint density at radius 3 is 2.61 bits per heavy atom. The summed E-state index contributed by atoms with van der Waals surface area (Å²) in [5.41, 5.74) is 3.58. The van der Waals surface area contributed by atoms with Crippen LogP contribution in [0.3, 0.4) is 0 Å². The van der Waals surface area contributed by atoms with Gasteiger partial charge in [-0.25, -0.2) is 0 Å². The lowest BCUT2D eigenvalue weighted by Gasteiger charge is -2.31. The Balaban J connectivity index is 1.49. The second-order valence-corrected chi connectivity index (χ2v) is 7.57. The van der Waals surface area contributed by atoms with Crippen molar-refractivity contribution in [1.29, 1.82) is 0 Å². The van der Waals surface area contributed by atoms with Crippen molar-refractivity contribution < 1.29 is 9.26 Å². The first-order valence-corrected chi connectivity index (χ1v) is 9.95. The molecule has 0 aliphatic carbocycles. The Morgan fingerprint density at radius 1 is 1.04 bits per heavy atom. The molecule has 3 heterocycles. The third kappa shape index (κ3) is 4.86. The smallest absolute Gasteiger partial charge is 0.137 e. The van der Waals surface area contributed by atoms with Gasteiger partial charge in [0.2, 0.25) is 0 Å². The minimum Gasteiger partial charge on any atom is -0.379 e. The van der Waals surface area contributed by atoms with Gasteiger partial charge >= 0.3 is 0 Å². The maximum atomic E-state index is 5.90. The molecule has 0 radical (unpaired) electrons. The molecule has 2 atom stereocenters. The Kier molecular flexibility index (Phi) is 6.14. The van der Waals surface area contributed by atoms with E-state index in [2.05, 4.69) is 57.5 Å². The van der Waals surface area contributed by atoms with Crippen LogP contribution in [0.15, 0.2) is 65.4 Å². The molecule has 1 aliphatic rings. The molecule has 28 heavy (non-hydrogen) atoms. The van der Waals surface area contributed by atoms with E-state index >= 15 is 0 Å². The van der Waals surface area contributed by atoms with Gasteiger partial charge in [-0.05, 0) is 36.6 Å². The van der Waals surface area contributed by atoms with Crippen LogP contribution in [0.4, 0.5) is 0 Å². The van der Waals surface area contributed by atoms with Crippen molar-refractivity contribution in [3.05, 3.63) is 83.5 Å². The van der Waals surface area contributed by atoms with Crippen LogP contribution >= 0.6 is 0 Å². The molecule has 3 aromatic rings. The molecule has 5 heteroatoms. The Bertz CT molecular complexity index is 851. The quantitative estimate of drug-likeness (QED) is 0.599. The van der Waals surface area contributed by atoms with Crippen molar-refractivity contribution in [2.24, 2.45) is 5.92 Å². The molecule has 0 spiro atoms. The highest BCUT2D eigenvalue weighted by Crippen LogP contribution is 2.26. The first-order valence-electron chi connectivity index (χ1n) is 9.95. The molecule has 1 aromatic carbocycles. The SMILES string of the molecule is Cc1cc(C[C@@H]2COC[C@H]2N(CCc2ccccc2)Cc2ccncc2)on1.